The Bertz CT molecular complexity index is 850. The minimum atomic E-state index is -0.445. The summed E-state index contributed by atoms with van der Waals surface area (Å²) < 4.78 is 14.4. The van der Waals surface area contributed by atoms with Gasteiger partial charge < -0.3 is 15.1 Å². The Morgan fingerprint density at radius 1 is 1.07 bits per heavy atom. The van der Waals surface area contributed by atoms with Gasteiger partial charge in [0.15, 0.2) is 0 Å². The molecule has 5 nitrogen and oxygen atoms in total. The lowest BCUT2D eigenvalue weighted by molar-refractivity contribution is -0.122. The lowest BCUT2D eigenvalue weighted by atomic mass is 10.1. The summed E-state index contributed by atoms with van der Waals surface area (Å²) in [5.74, 6) is -1.10. The van der Waals surface area contributed by atoms with Gasteiger partial charge in [0.25, 0.3) is 0 Å². The number of halogens is 1. The number of hydrogen-bond donors (Lipinski definition) is 1. The highest BCUT2D eigenvalue weighted by Crippen LogP contribution is 2.28. The third-order valence-electron chi connectivity index (χ3n) is 5.23. The van der Waals surface area contributed by atoms with Gasteiger partial charge in [0.2, 0.25) is 11.8 Å². The molecule has 1 unspecified atom stereocenters. The number of benzene rings is 2. The monoisotopic (exact) mass is 367 g/mol. The molecular weight excluding hydrogens is 345 g/mol. The fourth-order valence-electron chi connectivity index (χ4n) is 3.78. The second-order valence-electron chi connectivity index (χ2n) is 7.09. The van der Waals surface area contributed by atoms with Crippen molar-refractivity contribution in [3.05, 3.63) is 54.3 Å². The molecule has 0 aliphatic carbocycles. The number of rotatable bonds is 4. The van der Waals surface area contributed by atoms with E-state index in [1.807, 2.05) is 35.2 Å². The molecule has 2 heterocycles. The van der Waals surface area contributed by atoms with Gasteiger partial charge in [0, 0.05) is 37.4 Å². The predicted molar refractivity (Wildman–Crippen MR) is 103 cm³/mol. The smallest absolute Gasteiger partial charge is 0.229 e. The van der Waals surface area contributed by atoms with Crippen molar-refractivity contribution in [1.82, 2.24) is 0 Å². The summed E-state index contributed by atoms with van der Waals surface area (Å²) in [5, 5.41) is 2.76. The van der Waals surface area contributed by atoms with Crippen LogP contribution in [0.2, 0.25) is 0 Å². The molecule has 1 atom stereocenters. The Kier molecular flexibility index (Phi) is 4.79. The van der Waals surface area contributed by atoms with Crippen LogP contribution in [0.5, 0.6) is 0 Å². The molecule has 1 N–H and O–H groups in total. The van der Waals surface area contributed by atoms with E-state index in [1.165, 1.54) is 6.07 Å². The number of anilines is 3. The lowest BCUT2D eigenvalue weighted by Crippen LogP contribution is -2.28. The van der Waals surface area contributed by atoms with E-state index in [1.54, 1.807) is 17.0 Å². The third kappa shape index (κ3) is 3.65. The number of carbonyl (C=O) groups excluding carboxylic acids is 2. The number of nitrogens with one attached hydrogen (secondary N) is 1. The van der Waals surface area contributed by atoms with Crippen LogP contribution >= 0.6 is 0 Å². The summed E-state index contributed by atoms with van der Waals surface area (Å²) in [6.07, 6.45) is 2.31. The van der Waals surface area contributed by atoms with E-state index in [0.29, 0.717) is 17.9 Å². The molecule has 0 saturated carbocycles. The number of nitrogens with zero attached hydrogens (tertiary/aromatic N) is 2. The fourth-order valence-corrected chi connectivity index (χ4v) is 3.78. The molecule has 0 bridgehead atoms. The van der Waals surface area contributed by atoms with Crippen molar-refractivity contribution in [3.63, 3.8) is 0 Å². The van der Waals surface area contributed by atoms with Gasteiger partial charge >= 0.3 is 0 Å². The van der Waals surface area contributed by atoms with Crippen molar-refractivity contribution in [3.8, 4) is 0 Å². The Labute approximate surface area is 157 Å². The number of amides is 2. The Morgan fingerprint density at radius 3 is 2.52 bits per heavy atom. The quantitative estimate of drug-likeness (QED) is 0.901. The van der Waals surface area contributed by atoms with Crippen molar-refractivity contribution < 1.29 is 14.0 Å². The first-order chi connectivity index (χ1) is 13.1. The van der Waals surface area contributed by atoms with E-state index in [0.717, 1.165) is 31.6 Å². The highest BCUT2D eigenvalue weighted by molar-refractivity contribution is 6.03. The van der Waals surface area contributed by atoms with Crippen LogP contribution in [-0.4, -0.2) is 31.4 Å². The molecule has 2 aromatic rings. The molecule has 2 amide bonds. The van der Waals surface area contributed by atoms with Crippen molar-refractivity contribution in [2.24, 2.45) is 5.92 Å². The molecule has 0 aromatic heterocycles. The summed E-state index contributed by atoms with van der Waals surface area (Å²) in [4.78, 5) is 28.5. The number of hydrogen-bond acceptors (Lipinski definition) is 3. The van der Waals surface area contributed by atoms with Crippen LogP contribution in [0.25, 0.3) is 0 Å². The molecule has 140 valence electrons. The van der Waals surface area contributed by atoms with Crippen molar-refractivity contribution in [2.75, 3.05) is 34.8 Å². The maximum Gasteiger partial charge on any atom is 0.229 e. The lowest BCUT2D eigenvalue weighted by Gasteiger charge is -2.19. The van der Waals surface area contributed by atoms with E-state index >= 15 is 0 Å². The highest BCUT2D eigenvalue weighted by Gasteiger charge is 2.35. The molecule has 2 aliphatic heterocycles. The first kappa shape index (κ1) is 17.5. The molecular formula is C21H22FN3O2. The second-order valence-corrected chi connectivity index (χ2v) is 7.09. The van der Waals surface area contributed by atoms with Gasteiger partial charge in [0.05, 0.1) is 11.6 Å². The Morgan fingerprint density at radius 2 is 1.81 bits per heavy atom. The normalized spacial score (nSPS) is 19.6. The second kappa shape index (κ2) is 7.39. The van der Waals surface area contributed by atoms with Gasteiger partial charge in [-0.05, 0) is 43.2 Å². The summed E-state index contributed by atoms with van der Waals surface area (Å²) >= 11 is 0. The SMILES string of the molecule is O=C(Nc1ccc(N2CCCC2)c(F)c1)C1CC(=O)N(c2ccccc2)C1. The zero-order valence-corrected chi connectivity index (χ0v) is 15.0. The molecule has 2 aliphatic rings. The van der Waals surface area contributed by atoms with Crippen LogP contribution in [0.3, 0.4) is 0 Å². The number of carbonyl (C=O) groups is 2. The highest BCUT2D eigenvalue weighted by atomic mass is 19.1. The van der Waals surface area contributed by atoms with Crippen LogP contribution in [-0.2, 0) is 9.59 Å². The van der Waals surface area contributed by atoms with Gasteiger partial charge in [-0.1, -0.05) is 18.2 Å². The van der Waals surface area contributed by atoms with E-state index in [2.05, 4.69) is 5.32 Å². The van der Waals surface area contributed by atoms with E-state index in [-0.39, 0.29) is 24.1 Å². The van der Waals surface area contributed by atoms with Crippen molar-refractivity contribution in [1.29, 1.82) is 0 Å². The average molecular weight is 367 g/mol. The summed E-state index contributed by atoms with van der Waals surface area (Å²) in [7, 11) is 0. The largest absolute Gasteiger partial charge is 0.369 e. The maximum atomic E-state index is 14.4. The van der Waals surface area contributed by atoms with Crippen LogP contribution < -0.4 is 15.1 Å². The zero-order chi connectivity index (χ0) is 18.8. The van der Waals surface area contributed by atoms with Crippen LogP contribution in [0.1, 0.15) is 19.3 Å². The van der Waals surface area contributed by atoms with Crippen LogP contribution in [0.15, 0.2) is 48.5 Å². The molecule has 27 heavy (non-hydrogen) atoms. The molecule has 4 rings (SSSR count). The van der Waals surface area contributed by atoms with Crippen LogP contribution in [0.4, 0.5) is 21.5 Å². The Balaban J connectivity index is 1.42. The van der Waals surface area contributed by atoms with E-state index in [4.69, 9.17) is 0 Å². The topological polar surface area (TPSA) is 52.7 Å². The van der Waals surface area contributed by atoms with Gasteiger partial charge in [-0.3, -0.25) is 9.59 Å². The average Bonchev–Trinajstić information content (AvgIpc) is 3.32. The summed E-state index contributed by atoms with van der Waals surface area (Å²) in [6.45, 7) is 2.06. The number of para-hydroxylation sites is 1. The molecule has 2 saturated heterocycles. The zero-order valence-electron chi connectivity index (χ0n) is 15.0. The van der Waals surface area contributed by atoms with Gasteiger partial charge in [0.1, 0.15) is 5.82 Å². The summed E-state index contributed by atoms with van der Waals surface area (Å²) in [6, 6.07) is 14.1. The molecule has 0 radical (unpaired) electrons. The molecule has 2 aromatic carbocycles. The first-order valence-electron chi connectivity index (χ1n) is 9.32. The fraction of sp³-hybridized carbons (Fsp3) is 0.333. The van der Waals surface area contributed by atoms with Crippen molar-refractivity contribution >= 4 is 28.9 Å². The van der Waals surface area contributed by atoms with Crippen LogP contribution in [0, 0.1) is 11.7 Å². The van der Waals surface area contributed by atoms with Gasteiger partial charge in [-0.15, -0.1) is 0 Å². The maximum absolute atomic E-state index is 14.4. The molecule has 0 spiro atoms. The van der Waals surface area contributed by atoms with Gasteiger partial charge in [-0.25, -0.2) is 4.39 Å². The molecule has 6 heteroatoms. The van der Waals surface area contributed by atoms with E-state index in [9.17, 15) is 14.0 Å². The molecule has 2 fully saturated rings. The predicted octanol–water partition coefficient (Wildman–Crippen LogP) is 3.42. The first-order valence-corrected chi connectivity index (χ1v) is 9.32. The van der Waals surface area contributed by atoms with E-state index < -0.39 is 5.92 Å². The standard InChI is InChI=1S/C21H22FN3O2/c22-18-13-16(8-9-19(18)24-10-4-5-11-24)23-21(27)15-12-20(26)25(14-15)17-6-2-1-3-7-17/h1-3,6-9,13,15H,4-5,10-12,14H2,(H,23,27). The van der Waals surface area contributed by atoms with Crippen molar-refractivity contribution in [2.45, 2.75) is 19.3 Å². The third-order valence-corrected chi connectivity index (χ3v) is 5.23. The Hall–Kier alpha value is -2.89. The minimum Gasteiger partial charge on any atom is -0.369 e. The van der Waals surface area contributed by atoms with Gasteiger partial charge in [-0.2, -0.15) is 0 Å². The summed E-state index contributed by atoms with van der Waals surface area (Å²) in [5.41, 5.74) is 1.79. The minimum absolute atomic E-state index is 0.0723.